The van der Waals surface area contributed by atoms with Crippen LogP contribution in [0.15, 0.2) is 30.0 Å². The van der Waals surface area contributed by atoms with Crippen LogP contribution in [0.25, 0.3) is 5.70 Å². The molecule has 8 nitrogen and oxygen atoms in total. The number of aromatic nitrogens is 3. The molecule has 1 fully saturated rings. The maximum atomic E-state index is 12.5. The second kappa shape index (κ2) is 8.83. The fourth-order valence-electron chi connectivity index (χ4n) is 3.79. The van der Waals surface area contributed by atoms with Gasteiger partial charge in [-0.3, -0.25) is 14.6 Å². The highest BCUT2D eigenvalue weighted by Crippen LogP contribution is 2.30. The minimum Gasteiger partial charge on any atom is -0.471 e. The lowest BCUT2D eigenvalue weighted by molar-refractivity contribution is -0.139. The number of ketones is 1. The van der Waals surface area contributed by atoms with Crippen LogP contribution in [0, 0.1) is 12.8 Å². The second-order valence-electron chi connectivity index (χ2n) is 8.22. The predicted molar refractivity (Wildman–Crippen MR) is 115 cm³/mol. The molecule has 0 unspecified atom stereocenters. The molecule has 1 saturated carbocycles. The average molecular weight is 422 g/mol. The van der Waals surface area contributed by atoms with Crippen molar-refractivity contribution < 1.29 is 14.3 Å². The van der Waals surface area contributed by atoms with Crippen molar-refractivity contribution in [3.63, 3.8) is 0 Å². The lowest BCUT2D eigenvalue weighted by Gasteiger charge is -2.34. The van der Waals surface area contributed by atoms with Crippen LogP contribution in [0.1, 0.15) is 48.7 Å². The normalized spacial score (nSPS) is 16.8. The number of fused-ring (bicyclic) bond motifs is 1. The molecule has 0 spiro atoms. The summed E-state index contributed by atoms with van der Waals surface area (Å²) >= 11 is 0. The van der Waals surface area contributed by atoms with E-state index in [-0.39, 0.29) is 24.2 Å². The molecule has 0 saturated heterocycles. The Morgan fingerprint density at radius 3 is 2.71 bits per heavy atom. The standard InChI is InChI=1S/C23H27N5O3/c1-14-6-7-18(11-25-14)22(24)19(15(2)29)13-31-21-10-17-8-9-28(12-20(17)26-27-21)23(30)16-4-3-5-16/h6-7,10-11,16H,3-5,8-9,12-13,24H2,1-2H3/b22-19-. The van der Waals surface area contributed by atoms with E-state index in [1.807, 2.05) is 30.0 Å². The third-order valence-electron chi connectivity index (χ3n) is 6.03. The smallest absolute Gasteiger partial charge is 0.234 e. The third-order valence-corrected chi connectivity index (χ3v) is 6.03. The molecule has 1 aliphatic heterocycles. The number of ether oxygens (including phenoxy) is 1. The molecule has 162 valence electrons. The van der Waals surface area contributed by atoms with Crippen LogP contribution >= 0.6 is 0 Å². The van der Waals surface area contributed by atoms with Crippen molar-refractivity contribution in [1.82, 2.24) is 20.1 Å². The first-order valence-corrected chi connectivity index (χ1v) is 10.6. The van der Waals surface area contributed by atoms with E-state index in [4.69, 9.17) is 10.5 Å². The number of carbonyl (C=O) groups is 2. The maximum Gasteiger partial charge on any atom is 0.234 e. The fourth-order valence-corrected chi connectivity index (χ4v) is 3.79. The van der Waals surface area contributed by atoms with Crippen molar-refractivity contribution in [2.24, 2.45) is 11.7 Å². The lowest BCUT2D eigenvalue weighted by Crippen LogP contribution is -2.42. The molecule has 0 radical (unpaired) electrons. The van der Waals surface area contributed by atoms with Gasteiger partial charge in [0.1, 0.15) is 6.61 Å². The van der Waals surface area contributed by atoms with Crippen molar-refractivity contribution in [3.05, 3.63) is 52.5 Å². The van der Waals surface area contributed by atoms with Crippen LogP contribution in [0.2, 0.25) is 0 Å². The molecule has 2 aromatic rings. The summed E-state index contributed by atoms with van der Waals surface area (Å²) in [7, 11) is 0. The maximum absolute atomic E-state index is 12.5. The van der Waals surface area contributed by atoms with Gasteiger partial charge in [0, 0.05) is 36.0 Å². The number of pyridine rings is 1. The van der Waals surface area contributed by atoms with E-state index in [1.165, 1.54) is 6.92 Å². The molecule has 31 heavy (non-hydrogen) atoms. The molecule has 3 heterocycles. The summed E-state index contributed by atoms with van der Waals surface area (Å²) in [4.78, 5) is 30.8. The number of amides is 1. The van der Waals surface area contributed by atoms with E-state index in [0.717, 1.165) is 36.2 Å². The van der Waals surface area contributed by atoms with Crippen molar-refractivity contribution >= 4 is 17.4 Å². The number of rotatable bonds is 6. The number of aryl methyl sites for hydroxylation is 1. The molecule has 0 aromatic carbocycles. The Balaban J connectivity index is 1.45. The zero-order valence-corrected chi connectivity index (χ0v) is 17.9. The van der Waals surface area contributed by atoms with Crippen LogP contribution in [0.5, 0.6) is 5.88 Å². The largest absolute Gasteiger partial charge is 0.471 e. The van der Waals surface area contributed by atoms with Gasteiger partial charge in [-0.15, -0.1) is 10.2 Å². The van der Waals surface area contributed by atoms with E-state index in [9.17, 15) is 9.59 Å². The molecular formula is C23H27N5O3. The van der Waals surface area contributed by atoms with E-state index in [0.29, 0.717) is 42.2 Å². The first-order chi connectivity index (χ1) is 14.9. The molecule has 8 heteroatoms. The Morgan fingerprint density at radius 1 is 1.26 bits per heavy atom. The predicted octanol–water partition coefficient (Wildman–Crippen LogP) is 2.20. The summed E-state index contributed by atoms with van der Waals surface area (Å²) in [6.45, 7) is 4.51. The molecule has 4 rings (SSSR count). The SMILES string of the molecule is CC(=O)/C(COc1cc2c(nn1)CN(C(=O)C1CCC1)CC2)=C(\N)c1ccc(C)nc1. The Bertz CT molecular complexity index is 1030. The molecule has 0 bridgehead atoms. The summed E-state index contributed by atoms with van der Waals surface area (Å²) in [6, 6.07) is 5.51. The summed E-state index contributed by atoms with van der Waals surface area (Å²) in [6.07, 6.45) is 5.49. The summed E-state index contributed by atoms with van der Waals surface area (Å²) in [5.41, 5.74) is 10.3. The van der Waals surface area contributed by atoms with Gasteiger partial charge in [0.25, 0.3) is 0 Å². The van der Waals surface area contributed by atoms with Gasteiger partial charge in [0.05, 0.1) is 23.5 Å². The quantitative estimate of drug-likeness (QED) is 0.712. The van der Waals surface area contributed by atoms with Gasteiger partial charge >= 0.3 is 0 Å². The topological polar surface area (TPSA) is 111 Å². The fraction of sp³-hybridized carbons (Fsp3) is 0.435. The van der Waals surface area contributed by atoms with Crippen molar-refractivity contribution in [3.8, 4) is 5.88 Å². The van der Waals surface area contributed by atoms with E-state index >= 15 is 0 Å². The monoisotopic (exact) mass is 421 g/mol. The first kappa shape index (κ1) is 21.0. The Hall–Kier alpha value is -3.29. The van der Waals surface area contributed by atoms with Crippen LogP contribution < -0.4 is 10.5 Å². The third kappa shape index (κ3) is 4.57. The molecule has 1 amide bonds. The number of nitrogens with two attached hydrogens (primary N) is 1. The summed E-state index contributed by atoms with van der Waals surface area (Å²) in [5.74, 6) is 0.583. The van der Waals surface area contributed by atoms with Gasteiger partial charge < -0.3 is 15.4 Å². The van der Waals surface area contributed by atoms with E-state index in [1.54, 1.807) is 6.20 Å². The number of Topliss-reactive ketones (excluding diaryl/α,β-unsaturated/α-hetero) is 1. The van der Waals surface area contributed by atoms with E-state index in [2.05, 4.69) is 15.2 Å². The number of hydrogen-bond donors (Lipinski definition) is 1. The number of carbonyl (C=O) groups excluding carboxylic acids is 2. The van der Waals surface area contributed by atoms with Crippen molar-refractivity contribution in [2.45, 2.75) is 46.1 Å². The minimum atomic E-state index is -0.172. The van der Waals surface area contributed by atoms with Crippen LogP contribution in [-0.2, 0) is 22.6 Å². The Labute approximate surface area is 181 Å². The number of nitrogens with zero attached hydrogens (tertiary/aromatic N) is 4. The molecular weight excluding hydrogens is 394 g/mol. The first-order valence-electron chi connectivity index (χ1n) is 10.6. The number of hydrogen-bond acceptors (Lipinski definition) is 7. The molecule has 2 aromatic heterocycles. The van der Waals surface area contributed by atoms with Crippen LogP contribution in [0.4, 0.5) is 0 Å². The van der Waals surface area contributed by atoms with Crippen molar-refractivity contribution in [2.75, 3.05) is 13.2 Å². The van der Waals surface area contributed by atoms with Gasteiger partial charge in [-0.2, -0.15) is 0 Å². The van der Waals surface area contributed by atoms with E-state index < -0.39 is 0 Å². The van der Waals surface area contributed by atoms with Gasteiger partial charge in [-0.05, 0) is 50.8 Å². The highest BCUT2D eigenvalue weighted by atomic mass is 16.5. The second-order valence-corrected chi connectivity index (χ2v) is 8.22. The molecule has 2 aliphatic rings. The highest BCUT2D eigenvalue weighted by Gasteiger charge is 2.31. The molecule has 1 aliphatic carbocycles. The summed E-state index contributed by atoms with van der Waals surface area (Å²) in [5, 5.41) is 8.42. The zero-order valence-electron chi connectivity index (χ0n) is 17.9. The average Bonchev–Trinajstić information content (AvgIpc) is 2.72. The highest BCUT2D eigenvalue weighted by molar-refractivity contribution is 6.00. The zero-order chi connectivity index (χ0) is 22.0. The van der Waals surface area contributed by atoms with Crippen LogP contribution in [-0.4, -0.2) is 44.9 Å². The van der Waals surface area contributed by atoms with Gasteiger partial charge in [-0.1, -0.05) is 6.42 Å². The minimum absolute atomic E-state index is 0.00516. The Morgan fingerprint density at radius 2 is 2.06 bits per heavy atom. The Kier molecular flexibility index (Phi) is 5.97. The van der Waals surface area contributed by atoms with Gasteiger partial charge in [-0.25, -0.2) is 0 Å². The van der Waals surface area contributed by atoms with Gasteiger partial charge in [0.2, 0.25) is 11.8 Å². The van der Waals surface area contributed by atoms with Crippen molar-refractivity contribution in [1.29, 1.82) is 0 Å². The molecule has 0 atom stereocenters. The molecule has 2 N–H and O–H groups in total. The van der Waals surface area contributed by atoms with Gasteiger partial charge in [0.15, 0.2) is 5.78 Å². The lowest BCUT2D eigenvalue weighted by atomic mass is 9.84. The summed E-state index contributed by atoms with van der Waals surface area (Å²) < 4.78 is 5.77. The van der Waals surface area contributed by atoms with Crippen LogP contribution in [0.3, 0.4) is 0 Å².